The maximum atomic E-state index is 10.4. The summed E-state index contributed by atoms with van der Waals surface area (Å²) in [6.07, 6.45) is 11.8. The van der Waals surface area contributed by atoms with Crippen LogP contribution in [-0.2, 0) is 0 Å². The van der Waals surface area contributed by atoms with Crippen molar-refractivity contribution in [3.05, 3.63) is 0 Å². The molecule has 3 aliphatic rings. The van der Waals surface area contributed by atoms with Crippen LogP contribution in [0.15, 0.2) is 0 Å². The molecule has 1 saturated heterocycles. The third kappa shape index (κ3) is 4.17. The Balaban J connectivity index is 1.43. The lowest BCUT2D eigenvalue weighted by Crippen LogP contribution is -2.42. The Morgan fingerprint density at radius 3 is 2.47 bits per heavy atom. The molecule has 0 spiro atoms. The molecule has 0 aromatic heterocycles. The van der Waals surface area contributed by atoms with Crippen molar-refractivity contribution in [1.29, 1.82) is 0 Å². The van der Waals surface area contributed by atoms with Crippen molar-refractivity contribution in [2.75, 3.05) is 19.6 Å². The Morgan fingerprint density at radius 2 is 1.84 bits per heavy atom. The van der Waals surface area contributed by atoms with Gasteiger partial charge in [0.25, 0.3) is 0 Å². The molecule has 0 bridgehead atoms. The first-order valence-electron chi connectivity index (χ1n) is 8.47. The van der Waals surface area contributed by atoms with Crippen LogP contribution in [0.3, 0.4) is 0 Å². The Labute approximate surface area is 117 Å². The summed E-state index contributed by atoms with van der Waals surface area (Å²) in [6.45, 7) is 3.26. The molecule has 2 N–H and O–H groups in total. The van der Waals surface area contributed by atoms with Crippen LogP contribution in [0.25, 0.3) is 0 Å². The number of hydrogen-bond donors (Lipinski definition) is 2. The van der Waals surface area contributed by atoms with E-state index in [1.165, 1.54) is 57.9 Å². The van der Waals surface area contributed by atoms with Gasteiger partial charge in [-0.1, -0.05) is 25.7 Å². The second-order valence-corrected chi connectivity index (χ2v) is 7.02. The second-order valence-electron chi connectivity index (χ2n) is 7.02. The van der Waals surface area contributed by atoms with Gasteiger partial charge >= 0.3 is 0 Å². The molecule has 3 rings (SSSR count). The van der Waals surface area contributed by atoms with Crippen molar-refractivity contribution in [3.63, 3.8) is 0 Å². The first-order chi connectivity index (χ1) is 9.31. The molecule has 3 heteroatoms. The summed E-state index contributed by atoms with van der Waals surface area (Å²) in [4.78, 5) is 2.57. The van der Waals surface area contributed by atoms with E-state index >= 15 is 0 Å². The third-order valence-corrected chi connectivity index (χ3v) is 5.21. The Kier molecular flexibility index (Phi) is 4.78. The number of aliphatic hydroxyl groups excluding tert-OH is 1. The molecule has 2 unspecified atom stereocenters. The molecule has 110 valence electrons. The van der Waals surface area contributed by atoms with E-state index in [4.69, 9.17) is 0 Å². The molecule has 0 radical (unpaired) electrons. The molecule has 3 nitrogen and oxygen atoms in total. The van der Waals surface area contributed by atoms with Gasteiger partial charge < -0.3 is 10.4 Å². The van der Waals surface area contributed by atoms with Crippen molar-refractivity contribution < 1.29 is 5.11 Å². The highest BCUT2D eigenvalue weighted by Crippen LogP contribution is 2.31. The SMILES string of the molecule is OC(CC1CCCC1)CN(CC1CCCN1)C1CC1. The average Bonchev–Trinajstić information content (AvgIpc) is 2.87. The van der Waals surface area contributed by atoms with E-state index in [1.54, 1.807) is 0 Å². The maximum Gasteiger partial charge on any atom is 0.0669 e. The van der Waals surface area contributed by atoms with E-state index in [1.807, 2.05) is 0 Å². The number of hydrogen-bond acceptors (Lipinski definition) is 3. The van der Waals surface area contributed by atoms with Crippen LogP contribution in [0.2, 0.25) is 0 Å². The Bertz CT molecular complexity index is 268. The minimum Gasteiger partial charge on any atom is -0.392 e. The number of rotatable bonds is 7. The topological polar surface area (TPSA) is 35.5 Å². The van der Waals surface area contributed by atoms with E-state index in [0.717, 1.165) is 31.5 Å². The molecule has 1 heterocycles. The minimum absolute atomic E-state index is 0.0925. The van der Waals surface area contributed by atoms with Crippen LogP contribution < -0.4 is 5.32 Å². The van der Waals surface area contributed by atoms with Crippen LogP contribution in [0.4, 0.5) is 0 Å². The monoisotopic (exact) mass is 266 g/mol. The zero-order valence-electron chi connectivity index (χ0n) is 12.2. The Morgan fingerprint density at radius 1 is 1.05 bits per heavy atom. The molecule has 0 aromatic rings. The van der Waals surface area contributed by atoms with Crippen LogP contribution >= 0.6 is 0 Å². The van der Waals surface area contributed by atoms with Crippen molar-refractivity contribution in [1.82, 2.24) is 10.2 Å². The van der Waals surface area contributed by atoms with Gasteiger partial charge in [-0.05, 0) is 44.6 Å². The normalized spacial score (nSPS) is 30.3. The van der Waals surface area contributed by atoms with Gasteiger partial charge in [-0.15, -0.1) is 0 Å². The summed E-state index contributed by atoms with van der Waals surface area (Å²) in [5, 5.41) is 14.0. The molecule has 2 atom stereocenters. The predicted octanol–water partition coefficient (Wildman–Crippen LogP) is 2.14. The van der Waals surface area contributed by atoms with Gasteiger partial charge in [0.1, 0.15) is 0 Å². The summed E-state index contributed by atoms with van der Waals surface area (Å²) >= 11 is 0. The lowest BCUT2D eigenvalue weighted by atomic mass is 9.99. The molecular formula is C16H30N2O. The lowest BCUT2D eigenvalue weighted by molar-refractivity contribution is 0.0835. The number of nitrogens with zero attached hydrogens (tertiary/aromatic N) is 1. The van der Waals surface area contributed by atoms with E-state index in [9.17, 15) is 5.11 Å². The fraction of sp³-hybridized carbons (Fsp3) is 1.00. The zero-order chi connectivity index (χ0) is 13.1. The molecule has 1 aliphatic heterocycles. The summed E-state index contributed by atoms with van der Waals surface area (Å²) in [6, 6.07) is 1.46. The Hall–Kier alpha value is -0.120. The minimum atomic E-state index is -0.0925. The van der Waals surface area contributed by atoms with Crippen LogP contribution in [0.5, 0.6) is 0 Å². The smallest absolute Gasteiger partial charge is 0.0669 e. The van der Waals surface area contributed by atoms with Gasteiger partial charge in [-0.25, -0.2) is 0 Å². The highest BCUT2D eigenvalue weighted by atomic mass is 16.3. The fourth-order valence-corrected chi connectivity index (χ4v) is 3.98. The highest BCUT2D eigenvalue weighted by Gasteiger charge is 2.32. The maximum absolute atomic E-state index is 10.4. The van der Waals surface area contributed by atoms with Gasteiger partial charge in [-0.2, -0.15) is 0 Å². The third-order valence-electron chi connectivity index (χ3n) is 5.21. The van der Waals surface area contributed by atoms with E-state index < -0.39 is 0 Å². The number of nitrogens with one attached hydrogen (secondary N) is 1. The predicted molar refractivity (Wildman–Crippen MR) is 78.2 cm³/mol. The zero-order valence-corrected chi connectivity index (χ0v) is 12.2. The molecule has 2 saturated carbocycles. The summed E-state index contributed by atoms with van der Waals surface area (Å²) in [5.74, 6) is 0.806. The largest absolute Gasteiger partial charge is 0.392 e. The van der Waals surface area contributed by atoms with Crippen molar-refractivity contribution in [2.24, 2.45) is 5.92 Å². The molecule has 0 amide bonds. The van der Waals surface area contributed by atoms with Gasteiger partial charge in [-0.3, -0.25) is 4.90 Å². The van der Waals surface area contributed by atoms with E-state index in [0.29, 0.717) is 6.04 Å². The first-order valence-corrected chi connectivity index (χ1v) is 8.47. The van der Waals surface area contributed by atoms with Crippen molar-refractivity contribution in [2.45, 2.75) is 76.0 Å². The lowest BCUT2D eigenvalue weighted by Gasteiger charge is -2.28. The highest BCUT2D eigenvalue weighted by molar-refractivity contribution is 4.89. The van der Waals surface area contributed by atoms with Gasteiger partial charge in [0.15, 0.2) is 0 Å². The van der Waals surface area contributed by atoms with Gasteiger partial charge in [0.05, 0.1) is 6.10 Å². The molecular weight excluding hydrogens is 236 g/mol. The molecule has 3 fully saturated rings. The second kappa shape index (κ2) is 6.55. The molecule has 0 aromatic carbocycles. The van der Waals surface area contributed by atoms with Crippen LogP contribution in [-0.4, -0.2) is 47.8 Å². The van der Waals surface area contributed by atoms with Crippen molar-refractivity contribution >= 4 is 0 Å². The standard InChI is InChI=1S/C16H30N2O/c19-16(10-13-4-1-2-5-13)12-18(15-7-8-15)11-14-6-3-9-17-14/h13-17,19H,1-12H2. The van der Waals surface area contributed by atoms with Crippen LogP contribution in [0.1, 0.15) is 57.8 Å². The van der Waals surface area contributed by atoms with E-state index in [2.05, 4.69) is 10.2 Å². The summed E-state index contributed by atoms with van der Waals surface area (Å²) in [5.41, 5.74) is 0. The van der Waals surface area contributed by atoms with Crippen LogP contribution in [0, 0.1) is 5.92 Å². The number of aliphatic hydroxyl groups is 1. The molecule has 2 aliphatic carbocycles. The average molecular weight is 266 g/mol. The summed E-state index contributed by atoms with van der Waals surface area (Å²) in [7, 11) is 0. The first kappa shape index (κ1) is 13.8. The molecule has 19 heavy (non-hydrogen) atoms. The van der Waals surface area contributed by atoms with Gasteiger partial charge in [0.2, 0.25) is 0 Å². The van der Waals surface area contributed by atoms with E-state index in [-0.39, 0.29) is 6.10 Å². The quantitative estimate of drug-likeness (QED) is 0.741. The van der Waals surface area contributed by atoms with Crippen molar-refractivity contribution in [3.8, 4) is 0 Å². The summed E-state index contributed by atoms with van der Waals surface area (Å²) < 4.78 is 0. The van der Waals surface area contributed by atoms with Gasteiger partial charge in [0, 0.05) is 25.2 Å². The fourth-order valence-electron chi connectivity index (χ4n) is 3.98.